The number of hydrogen-bond acceptors (Lipinski definition) is 4. The van der Waals surface area contributed by atoms with Crippen molar-refractivity contribution in [2.75, 3.05) is 19.6 Å². The first kappa shape index (κ1) is 20.3. The van der Waals surface area contributed by atoms with Crippen molar-refractivity contribution in [3.8, 4) is 0 Å². The van der Waals surface area contributed by atoms with Crippen molar-refractivity contribution in [2.45, 2.75) is 45.1 Å². The fourth-order valence-electron chi connectivity index (χ4n) is 4.21. The molecule has 0 saturated carbocycles. The molecule has 0 radical (unpaired) electrons. The quantitative estimate of drug-likeness (QED) is 0.834. The van der Waals surface area contributed by atoms with Gasteiger partial charge in [0.2, 0.25) is 5.91 Å². The van der Waals surface area contributed by atoms with E-state index in [4.69, 9.17) is 0 Å². The first-order chi connectivity index (χ1) is 14.5. The van der Waals surface area contributed by atoms with Gasteiger partial charge in [0.1, 0.15) is 11.6 Å². The van der Waals surface area contributed by atoms with Gasteiger partial charge in [0.15, 0.2) is 0 Å². The molecule has 1 aromatic heterocycles. The average molecular weight is 412 g/mol. The van der Waals surface area contributed by atoms with Crippen molar-refractivity contribution >= 4 is 11.8 Å². The van der Waals surface area contributed by atoms with E-state index in [1.165, 1.54) is 17.0 Å². The minimum atomic E-state index is -0.560. The highest BCUT2D eigenvalue weighted by Crippen LogP contribution is 2.26. The SMILES string of the molecule is CCCC(=O)N1CC[C@H](c2nc3c(c(=O)[nH]2)CCN(C(=O)c2ccccc2F)C3)C1. The van der Waals surface area contributed by atoms with Gasteiger partial charge in [-0.05, 0) is 31.4 Å². The summed E-state index contributed by atoms with van der Waals surface area (Å²) in [5.41, 5.74) is 0.967. The molecule has 158 valence electrons. The Morgan fingerprint density at radius 2 is 2.03 bits per heavy atom. The molecule has 2 aliphatic heterocycles. The van der Waals surface area contributed by atoms with Gasteiger partial charge in [-0.2, -0.15) is 0 Å². The third-order valence-electron chi connectivity index (χ3n) is 5.87. The Hall–Kier alpha value is -3.03. The fraction of sp³-hybridized carbons (Fsp3) is 0.455. The van der Waals surface area contributed by atoms with Crippen LogP contribution in [0.2, 0.25) is 0 Å². The van der Waals surface area contributed by atoms with Crippen molar-refractivity contribution in [3.63, 3.8) is 0 Å². The lowest BCUT2D eigenvalue weighted by Gasteiger charge is -2.28. The van der Waals surface area contributed by atoms with E-state index in [0.29, 0.717) is 49.6 Å². The van der Waals surface area contributed by atoms with Gasteiger partial charge in [-0.15, -0.1) is 0 Å². The summed E-state index contributed by atoms with van der Waals surface area (Å²) in [6.45, 7) is 3.68. The van der Waals surface area contributed by atoms with Crippen LogP contribution in [0.25, 0.3) is 0 Å². The fourth-order valence-corrected chi connectivity index (χ4v) is 4.21. The number of carbonyl (C=O) groups is 2. The van der Waals surface area contributed by atoms with Crippen LogP contribution in [-0.4, -0.2) is 51.2 Å². The lowest BCUT2D eigenvalue weighted by atomic mass is 10.0. The zero-order chi connectivity index (χ0) is 21.3. The molecule has 7 nitrogen and oxygen atoms in total. The number of aromatic amines is 1. The van der Waals surface area contributed by atoms with Crippen LogP contribution in [0.1, 0.15) is 59.5 Å². The molecule has 2 aliphatic rings. The highest BCUT2D eigenvalue weighted by molar-refractivity contribution is 5.94. The second-order valence-corrected chi connectivity index (χ2v) is 7.91. The Morgan fingerprint density at radius 3 is 2.80 bits per heavy atom. The van der Waals surface area contributed by atoms with Crippen LogP contribution in [0.3, 0.4) is 0 Å². The Morgan fingerprint density at radius 1 is 1.23 bits per heavy atom. The summed E-state index contributed by atoms with van der Waals surface area (Å²) in [5.74, 6) is -0.301. The first-order valence-electron chi connectivity index (χ1n) is 10.4. The molecule has 3 heterocycles. The summed E-state index contributed by atoms with van der Waals surface area (Å²) in [4.78, 5) is 48.4. The van der Waals surface area contributed by atoms with Crippen LogP contribution in [0.15, 0.2) is 29.1 Å². The van der Waals surface area contributed by atoms with Crippen LogP contribution < -0.4 is 5.56 Å². The van der Waals surface area contributed by atoms with Crippen molar-refractivity contribution in [1.82, 2.24) is 19.8 Å². The molecule has 8 heteroatoms. The summed E-state index contributed by atoms with van der Waals surface area (Å²) in [5, 5.41) is 0. The highest BCUT2D eigenvalue weighted by atomic mass is 19.1. The molecule has 0 aliphatic carbocycles. The average Bonchev–Trinajstić information content (AvgIpc) is 3.24. The standard InChI is InChI=1S/C22H25FN4O3/c1-2-5-19(28)26-10-8-14(12-26)20-24-18-13-27(11-9-16(18)21(29)25-20)22(30)15-6-3-4-7-17(15)23/h3-4,6-7,14H,2,5,8-13H2,1H3,(H,24,25,29)/t14-/m0/s1. The molecular weight excluding hydrogens is 387 g/mol. The number of carbonyl (C=O) groups excluding carboxylic acids is 2. The van der Waals surface area contributed by atoms with Crippen molar-refractivity contribution in [1.29, 1.82) is 0 Å². The first-order valence-corrected chi connectivity index (χ1v) is 10.4. The molecule has 4 rings (SSSR count). The van der Waals surface area contributed by atoms with Crippen LogP contribution >= 0.6 is 0 Å². The van der Waals surface area contributed by atoms with E-state index in [0.717, 1.165) is 12.8 Å². The summed E-state index contributed by atoms with van der Waals surface area (Å²) < 4.78 is 14.0. The van der Waals surface area contributed by atoms with Crippen LogP contribution in [0.5, 0.6) is 0 Å². The zero-order valence-corrected chi connectivity index (χ0v) is 17.0. The lowest BCUT2D eigenvalue weighted by molar-refractivity contribution is -0.130. The van der Waals surface area contributed by atoms with Gasteiger partial charge in [0.25, 0.3) is 11.5 Å². The molecule has 0 unspecified atom stereocenters. The van der Waals surface area contributed by atoms with E-state index in [2.05, 4.69) is 9.97 Å². The monoisotopic (exact) mass is 412 g/mol. The molecule has 1 atom stereocenters. The van der Waals surface area contributed by atoms with E-state index in [1.807, 2.05) is 11.8 Å². The lowest BCUT2D eigenvalue weighted by Crippen LogP contribution is -2.40. The maximum Gasteiger partial charge on any atom is 0.257 e. The van der Waals surface area contributed by atoms with E-state index < -0.39 is 11.7 Å². The predicted molar refractivity (Wildman–Crippen MR) is 109 cm³/mol. The van der Waals surface area contributed by atoms with Gasteiger partial charge < -0.3 is 14.8 Å². The highest BCUT2D eigenvalue weighted by Gasteiger charge is 2.31. The van der Waals surface area contributed by atoms with Crippen LogP contribution in [-0.2, 0) is 17.8 Å². The molecular formula is C22H25FN4O3. The molecule has 1 N–H and O–H groups in total. The summed E-state index contributed by atoms with van der Waals surface area (Å²) in [6.07, 6.45) is 2.45. The molecule has 2 amide bonds. The Bertz CT molecular complexity index is 1040. The molecule has 30 heavy (non-hydrogen) atoms. The Balaban J connectivity index is 1.54. The van der Waals surface area contributed by atoms with Gasteiger partial charge in [0.05, 0.1) is 17.8 Å². The molecule has 1 saturated heterocycles. The minimum Gasteiger partial charge on any atom is -0.342 e. The van der Waals surface area contributed by atoms with Gasteiger partial charge in [-0.25, -0.2) is 9.37 Å². The van der Waals surface area contributed by atoms with Gasteiger partial charge in [-0.1, -0.05) is 19.1 Å². The Kier molecular flexibility index (Phi) is 5.65. The molecule has 1 fully saturated rings. The van der Waals surface area contributed by atoms with E-state index >= 15 is 0 Å². The number of nitrogens with one attached hydrogen (secondary N) is 1. The number of likely N-dealkylation sites (tertiary alicyclic amines) is 1. The van der Waals surface area contributed by atoms with Crippen LogP contribution in [0.4, 0.5) is 4.39 Å². The number of H-pyrrole nitrogens is 1. The number of hydrogen-bond donors (Lipinski definition) is 1. The molecule has 1 aromatic carbocycles. The molecule has 0 bridgehead atoms. The third-order valence-corrected chi connectivity index (χ3v) is 5.87. The number of amides is 2. The van der Waals surface area contributed by atoms with Gasteiger partial charge >= 0.3 is 0 Å². The third kappa shape index (κ3) is 3.86. The molecule has 0 spiro atoms. The van der Waals surface area contributed by atoms with E-state index in [9.17, 15) is 18.8 Å². The second-order valence-electron chi connectivity index (χ2n) is 7.91. The minimum absolute atomic E-state index is 0.0203. The van der Waals surface area contributed by atoms with Crippen molar-refractivity contribution < 1.29 is 14.0 Å². The second kappa shape index (κ2) is 8.38. The largest absolute Gasteiger partial charge is 0.342 e. The smallest absolute Gasteiger partial charge is 0.257 e. The van der Waals surface area contributed by atoms with E-state index in [-0.39, 0.29) is 29.5 Å². The normalized spacial score (nSPS) is 18.4. The predicted octanol–water partition coefficient (Wildman–Crippen LogP) is 2.22. The number of halogens is 1. The van der Waals surface area contributed by atoms with Gasteiger partial charge in [-0.3, -0.25) is 14.4 Å². The van der Waals surface area contributed by atoms with Crippen molar-refractivity contribution in [2.24, 2.45) is 0 Å². The number of nitrogens with zero attached hydrogens (tertiary/aromatic N) is 3. The molecule has 2 aromatic rings. The maximum absolute atomic E-state index is 14.0. The summed E-state index contributed by atoms with van der Waals surface area (Å²) >= 11 is 0. The number of benzene rings is 1. The van der Waals surface area contributed by atoms with Gasteiger partial charge in [0, 0.05) is 37.5 Å². The van der Waals surface area contributed by atoms with Crippen LogP contribution in [0, 0.1) is 5.82 Å². The topological polar surface area (TPSA) is 86.4 Å². The Labute approximate surface area is 173 Å². The number of fused-ring (bicyclic) bond motifs is 1. The van der Waals surface area contributed by atoms with Crippen molar-refractivity contribution in [3.05, 3.63) is 63.1 Å². The summed E-state index contributed by atoms with van der Waals surface area (Å²) in [7, 11) is 0. The van der Waals surface area contributed by atoms with E-state index in [1.54, 1.807) is 12.1 Å². The summed E-state index contributed by atoms with van der Waals surface area (Å²) in [6, 6.07) is 5.89. The zero-order valence-electron chi connectivity index (χ0n) is 17.0. The number of aromatic nitrogens is 2. The maximum atomic E-state index is 14.0. The number of rotatable bonds is 4.